The van der Waals surface area contributed by atoms with Crippen LogP contribution in [0.15, 0.2) is 47.7 Å². The van der Waals surface area contributed by atoms with E-state index in [1.807, 2.05) is 0 Å². The topological polar surface area (TPSA) is 155 Å². The Morgan fingerprint density at radius 1 is 1.24 bits per heavy atom. The molecule has 1 unspecified atom stereocenters. The number of nitrogens with zero attached hydrogens (tertiary/aromatic N) is 2. The standard InChI is InChI=1S/C19H16F4N8O2/c20-10-3-5-11(6-4-10)31-28-8-13(24)15(32)27-9-18(16(25)29-17(33)30-18)14-12(19(21,22)23)2-1-7-26-14/h1-8,24,31H,9H2,(H,27,32)(H3,25,29,30,33)/b24-13?,28-8-. The van der Waals surface area contributed by atoms with Gasteiger partial charge in [0, 0.05) is 6.20 Å². The maximum Gasteiger partial charge on any atom is 0.418 e. The van der Waals surface area contributed by atoms with Crippen LogP contribution < -0.4 is 21.4 Å². The van der Waals surface area contributed by atoms with Crippen LogP contribution in [0, 0.1) is 16.6 Å². The number of pyridine rings is 1. The summed E-state index contributed by atoms with van der Waals surface area (Å²) in [6.07, 6.45) is -2.97. The molecule has 3 rings (SSSR count). The third-order valence-electron chi connectivity index (χ3n) is 4.50. The highest BCUT2D eigenvalue weighted by atomic mass is 19.4. The lowest BCUT2D eigenvalue weighted by molar-refractivity contribution is -0.139. The van der Waals surface area contributed by atoms with E-state index in [-0.39, 0.29) is 0 Å². The Bertz CT molecular complexity index is 1130. The number of hydrogen-bond donors (Lipinski definition) is 6. The summed E-state index contributed by atoms with van der Waals surface area (Å²) in [7, 11) is 0. The van der Waals surface area contributed by atoms with Gasteiger partial charge in [-0.2, -0.15) is 18.3 Å². The molecule has 6 N–H and O–H groups in total. The Labute approximate surface area is 183 Å². The summed E-state index contributed by atoms with van der Waals surface area (Å²) in [5, 5.41) is 25.9. The van der Waals surface area contributed by atoms with Gasteiger partial charge in [-0.05, 0) is 36.4 Å². The minimum atomic E-state index is -4.85. The molecule has 0 bridgehead atoms. The van der Waals surface area contributed by atoms with Gasteiger partial charge >= 0.3 is 12.2 Å². The molecule has 1 fully saturated rings. The first-order valence-electron chi connectivity index (χ1n) is 9.15. The zero-order valence-corrected chi connectivity index (χ0v) is 16.5. The molecule has 3 amide bonds. The molecule has 2 aromatic rings. The van der Waals surface area contributed by atoms with E-state index in [2.05, 4.69) is 31.5 Å². The van der Waals surface area contributed by atoms with Crippen LogP contribution in [0.4, 0.5) is 28.0 Å². The summed E-state index contributed by atoms with van der Waals surface area (Å²) in [4.78, 5) is 27.8. The minimum Gasteiger partial charge on any atom is -0.347 e. The van der Waals surface area contributed by atoms with E-state index in [1.54, 1.807) is 0 Å². The number of rotatable bonds is 7. The molecule has 0 radical (unpaired) electrons. The number of halogens is 4. The summed E-state index contributed by atoms with van der Waals surface area (Å²) < 4.78 is 53.4. The number of carbonyl (C=O) groups is 2. The van der Waals surface area contributed by atoms with E-state index in [9.17, 15) is 27.2 Å². The Morgan fingerprint density at radius 3 is 2.55 bits per heavy atom. The summed E-state index contributed by atoms with van der Waals surface area (Å²) in [6, 6.07) is 5.90. The molecule has 0 aliphatic carbocycles. The number of urea groups is 1. The van der Waals surface area contributed by atoms with Gasteiger partial charge in [-0.3, -0.25) is 31.3 Å². The third kappa shape index (κ3) is 5.11. The second kappa shape index (κ2) is 9.02. The normalized spacial score (nSPS) is 18.1. The Kier molecular flexibility index (Phi) is 6.37. The monoisotopic (exact) mass is 464 g/mol. The number of alkyl halides is 3. The molecule has 1 saturated heterocycles. The fraction of sp³-hybridized carbons (Fsp3) is 0.158. The van der Waals surface area contributed by atoms with Crippen LogP contribution in [0.2, 0.25) is 0 Å². The lowest BCUT2D eigenvalue weighted by Crippen LogP contribution is -2.54. The average Bonchev–Trinajstić information content (AvgIpc) is 3.06. The molecule has 1 aromatic heterocycles. The molecule has 10 nitrogen and oxygen atoms in total. The largest absolute Gasteiger partial charge is 0.418 e. The molecule has 14 heteroatoms. The predicted octanol–water partition coefficient (Wildman–Crippen LogP) is 1.96. The fourth-order valence-corrected chi connectivity index (χ4v) is 2.94. The fourth-order valence-electron chi connectivity index (χ4n) is 2.94. The summed E-state index contributed by atoms with van der Waals surface area (Å²) >= 11 is 0. The summed E-state index contributed by atoms with van der Waals surface area (Å²) in [5.41, 5.74) is -1.86. The quantitative estimate of drug-likeness (QED) is 0.211. The first kappa shape index (κ1) is 23.3. The molecule has 1 atom stereocenters. The average molecular weight is 464 g/mol. The Balaban J connectivity index is 1.76. The van der Waals surface area contributed by atoms with Crippen LogP contribution in [0.25, 0.3) is 0 Å². The molecule has 0 spiro atoms. The third-order valence-corrected chi connectivity index (χ3v) is 4.50. The number of anilines is 1. The van der Waals surface area contributed by atoms with Crippen molar-refractivity contribution < 1.29 is 27.2 Å². The van der Waals surface area contributed by atoms with Crippen molar-refractivity contribution >= 4 is 35.4 Å². The van der Waals surface area contributed by atoms with Gasteiger partial charge in [0.05, 0.1) is 29.7 Å². The van der Waals surface area contributed by atoms with E-state index < -0.39 is 58.8 Å². The van der Waals surface area contributed by atoms with Crippen molar-refractivity contribution in [1.82, 2.24) is 20.9 Å². The molecular formula is C19H16F4N8O2. The molecule has 172 valence electrons. The molecule has 2 heterocycles. The number of hydrazone groups is 1. The minimum absolute atomic E-state index is 0.378. The van der Waals surface area contributed by atoms with Gasteiger partial charge < -0.3 is 10.6 Å². The zero-order chi connectivity index (χ0) is 24.2. The summed E-state index contributed by atoms with van der Waals surface area (Å²) in [6.45, 7) is -0.703. The second-order valence-electron chi connectivity index (χ2n) is 6.73. The predicted molar refractivity (Wildman–Crippen MR) is 110 cm³/mol. The molecule has 33 heavy (non-hydrogen) atoms. The Hall–Kier alpha value is -4.36. The number of aromatic nitrogens is 1. The van der Waals surface area contributed by atoms with Crippen LogP contribution >= 0.6 is 0 Å². The van der Waals surface area contributed by atoms with E-state index in [0.29, 0.717) is 5.69 Å². The highest BCUT2D eigenvalue weighted by Gasteiger charge is 2.51. The highest BCUT2D eigenvalue weighted by Crippen LogP contribution is 2.36. The molecule has 0 saturated carbocycles. The van der Waals surface area contributed by atoms with Crippen molar-refractivity contribution in [2.45, 2.75) is 11.7 Å². The lowest BCUT2D eigenvalue weighted by Gasteiger charge is -2.29. The highest BCUT2D eigenvalue weighted by molar-refractivity contribution is 6.59. The van der Waals surface area contributed by atoms with Gasteiger partial charge in [-0.1, -0.05) is 0 Å². The van der Waals surface area contributed by atoms with Crippen molar-refractivity contribution in [3.8, 4) is 0 Å². The first-order valence-corrected chi connectivity index (χ1v) is 9.15. The number of carbonyl (C=O) groups excluding carboxylic acids is 2. The number of amides is 3. The van der Waals surface area contributed by atoms with Gasteiger partial charge in [0.25, 0.3) is 5.91 Å². The number of benzene rings is 1. The van der Waals surface area contributed by atoms with E-state index >= 15 is 0 Å². The maximum atomic E-state index is 13.5. The first-order chi connectivity index (χ1) is 15.5. The second-order valence-corrected chi connectivity index (χ2v) is 6.73. The van der Waals surface area contributed by atoms with Crippen LogP contribution in [0.1, 0.15) is 11.3 Å². The smallest absolute Gasteiger partial charge is 0.347 e. The van der Waals surface area contributed by atoms with Crippen molar-refractivity contribution in [2.24, 2.45) is 5.10 Å². The van der Waals surface area contributed by atoms with Crippen molar-refractivity contribution in [3.63, 3.8) is 0 Å². The van der Waals surface area contributed by atoms with Crippen molar-refractivity contribution in [2.75, 3.05) is 12.0 Å². The molecule has 1 aliphatic rings. The lowest BCUT2D eigenvalue weighted by atomic mass is 9.90. The molecule has 1 aromatic carbocycles. The van der Waals surface area contributed by atoms with Crippen LogP contribution in [0.5, 0.6) is 0 Å². The van der Waals surface area contributed by atoms with Crippen LogP contribution in [-0.2, 0) is 16.5 Å². The molecular weight excluding hydrogens is 448 g/mol. The van der Waals surface area contributed by atoms with Crippen LogP contribution in [0.3, 0.4) is 0 Å². The van der Waals surface area contributed by atoms with Gasteiger partial charge in [0.15, 0.2) is 5.54 Å². The van der Waals surface area contributed by atoms with Crippen molar-refractivity contribution in [1.29, 1.82) is 10.8 Å². The van der Waals surface area contributed by atoms with Gasteiger partial charge in [-0.15, -0.1) is 0 Å². The number of nitrogens with one attached hydrogen (secondary N) is 6. The number of amidine groups is 1. The van der Waals surface area contributed by atoms with Gasteiger partial charge in [0.1, 0.15) is 17.4 Å². The Morgan fingerprint density at radius 2 is 1.94 bits per heavy atom. The van der Waals surface area contributed by atoms with Gasteiger partial charge in [-0.25, -0.2) is 9.18 Å². The zero-order valence-electron chi connectivity index (χ0n) is 16.5. The van der Waals surface area contributed by atoms with E-state index in [4.69, 9.17) is 10.8 Å². The van der Waals surface area contributed by atoms with E-state index in [0.717, 1.165) is 24.5 Å². The van der Waals surface area contributed by atoms with E-state index in [1.165, 1.54) is 24.3 Å². The van der Waals surface area contributed by atoms with Gasteiger partial charge in [0.2, 0.25) is 0 Å². The number of hydrogen-bond acceptors (Lipinski definition) is 7. The maximum absolute atomic E-state index is 13.5. The SMILES string of the molecule is N=C(/C=N\Nc1ccc(F)cc1)C(=O)NCC1(c2ncccc2C(F)(F)F)NC(=O)NC1=N. The van der Waals surface area contributed by atoms with Crippen molar-refractivity contribution in [3.05, 3.63) is 59.7 Å². The summed E-state index contributed by atoms with van der Waals surface area (Å²) in [5.74, 6) is -2.17. The molecule has 1 aliphatic heterocycles. The van der Waals surface area contributed by atoms with Crippen LogP contribution in [-0.4, -0.2) is 41.2 Å².